The molecule has 0 saturated heterocycles. The molecule has 0 bridgehead atoms. The summed E-state index contributed by atoms with van der Waals surface area (Å²) < 4.78 is 5.60. The third kappa shape index (κ3) is 4.47. The Hall–Kier alpha value is -1.55. The van der Waals surface area contributed by atoms with Crippen LogP contribution in [0.15, 0.2) is 24.3 Å². The highest BCUT2D eigenvalue weighted by Crippen LogP contribution is 2.31. The van der Waals surface area contributed by atoms with E-state index in [9.17, 15) is 9.90 Å². The van der Waals surface area contributed by atoms with Crippen molar-refractivity contribution in [1.29, 1.82) is 0 Å². The molecule has 0 spiro atoms. The molecule has 1 aromatic rings. The Morgan fingerprint density at radius 3 is 2.64 bits per heavy atom. The van der Waals surface area contributed by atoms with Crippen LogP contribution in [0.2, 0.25) is 0 Å². The highest BCUT2D eigenvalue weighted by Gasteiger charge is 2.32. The number of amides is 1. The summed E-state index contributed by atoms with van der Waals surface area (Å²) in [5.74, 6) is 0.816. The summed E-state index contributed by atoms with van der Waals surface area (Å²) in [6.07, 6.45) is 4.89. The van der Waals surface area contributed by atoms with Crippen molar-refractivity contribution < 1.29 is 14.6 Å². The molecule has 1 aliphatic rings. The predicted octanol–water partition coefficient (Wildman–Crippen LogP) is 3.13. The molecule has 122 valence electrons. The number of aliphatic hydroxyl groups is 1. The van der Waals surface area contributed by atoms with Gasteiger partial charge in [0.1, 0.15) is 5.75 Å². The molecule has 0 heterocycles. The maximum Gasteiger partial charge on any atom is 0.225 e. The van der Waals surface area contributed by atoms with Gasteiger partial charge in [0.15, 0.2) is 0 Å². The molecule has 0 aliphatic heterocycles. The minimum atomic E-state index is -0.803. The number of carbonyl (C=O) groups excluding carboxylic acids is 1. The highest BCUT2D eigenvalue weighted by atomic mass is 16.5. The van der Waals surface area contributed by atoms with Crippen LogP contribution in [0.3, 0.4) is 0 Å². The summed E-state index contributed by atoms with van der Waals surface area (Å²) in [6, 6.07) is 7.78. The average molecular weight is 305 g/mol. The van der Waals surface area contributed by atoms with E-state index in [0.29, 0.717) is 13.2 Å². The Labute approximate surface area is 133 Å². The fourth-order valence-electron chi connectivity index (χ4n) is 3.08. The maximum atomic E-state index is 12.4. The van der Waals surface area contributed by atoms with Gasteiger partial charge in [0.2, 0.25) is 5.91 Å². The first-order valence-electron chi connectivity index (χ1n) is 8.21. The van der Waals surface area contributed by atoms with Crippen molar-refractivity contribution in [2.75, 3.05) is 13.7 Å². The highest BCUT2D eigenvalue weighted by molar-refractivity contribution is 5.77. The van der Waals surface area contributed by atoms with Gasteiger partial charge in [-0.15, -0.1) is 0 Å². The molecule has 1 aromatic carbocycles. The lowest BCUT2D eigenvalue weighted by atomic mass is 9.82. The minimum Gasteiger partial charge on any atom is -0.494 e. The molecular weight excluding hydrogens is 278 g/mol. The Bertz CT molecular complexity index is 495. The largest absolute Gasteiger partial charge is 0.494 e. The molecule has 1 N–H and O–H groups in total. The molecule has 1 amide bonds. The molecule has 22 heavy (non-hydrogen) atoms. The van der Waals surface area contributed by atoms with Gasteiger partial charge in [-0.1, -0.05) is 37.5 Å². The lowest BCUT2D eigenvalue weighted by Gasteiger charge is -2.33. The van der Waals surface area contributed by atoms with E-state index in [1.807, 2.05) is 31.2 Å². The molecule has 2 rings (SSSR count). The number of ether oxygens (including phenoxy) is 1. The number of benzene rings is 1. The van der Waals surface area contributed by atoms with E-state index in [1.54, 1.807) is 11.9 Å². The van der Waals surface area contributed by atoms with E-state index >= 15 is 0 Å². The van der Waals surface area contributed by atoms with E-state index in [1.165, 1.54) is 0 Å². The van der Waals surface area contributed by atoms with Gasteiger partial charge in [-0.3, -0.25) is 4.79 Å². The van der Waals surface area contributed by atoms with Gasteiger partial charge in [0.05, 0.1) is 18.6 Å². The molecule has 0 atom stereocenters. The maximum absolute atomic E-state index is 12.4. The molecule has 1 saturated carbocycles. The fourth-order valence-corrected chi connectivity index (χ4v) is 3.08. The van der Waals surface area contributed by atoms with Crippen molar-refractivity contribution in [2.45, 2.75) is 57.6 Å². The quantitative estimate of drug-likeness (QED) is 0.878. The van der Waals surface area contributed by atoms with Gasteiger partial charge in [0.25, 0.3) is 0 Å². The second-order valence-corrected chi connectivity index (χ2v) is 6.25. The molecule has 0 aromatic heterocycles. The third-order valence-corrected chi connectivity index (χ3v) is 4.37. The topological polar surface area (TPSA) is 49.8 Å². The number of hydrogen-bond acceptors (Lipinski definition) is 3. The normalized spacial score (nSPS) is 17.0. The van der Waals surface area contributed by atoms with Crippen molar-refractivity contribution in [2.24, 2.45) is 0 Å². The van der Waals surface area contributed by atoms with Crippen molar-refractivity contribution in [3.63, 3.8) is 0 Å². The lowest BCUT2D eigenvalue weighted by molar-refractivity contribution is -0.137. The van der Waals surface area contributed by atoms with Crippen LogP contribution in [0.5, 0.6) is 5.75 Å². The fraction of sp³-hybridized carbons (Fsp3) is 0.611. The Balaban J connectivity index is 1.96. The molecule has 4 heteroatoms. The Morgan fingerprint density at radius 2 is 1.95 bits per heavy atom. The SMILES string of the molecule is CCOc1ccccc1CN(C)C(=O)CC1(O)CCCCC1. The van der Waals surface area contributed by atoms with Gasteiger partial charge >= 0.3 is 0 Å². The zero-order chi connectivity index (χ0) is 16.0. The molecular formula is C18H27NO3. The summed E-state index contributed by atoms with van der Waals surface area (Å²) in [6.45, 7) is 3.06. The van der Waals surface area contributed by atoms with E-state index in [-0.39, 0.29) is 12.3 Å². The van der Waals surface area contributed by atoms with Crippen LogP contribution in [0.4, 0.5) is 0 Å². The standard InChI is InChI=1S/C18H27NO3/c1-3-22-16-10-6-5-9-15(16)14-19(2)17(20)13-18(21)11-7-4-8-12-18/h5-6,9-10,21H,3-4,7-8,11-14H2,1-2H3. The van der Waals surface area contributed by atoms with Crippen LogP contribution in [-0.2, 0) is 11.3 Å². The van der Waals surface area contributed by atoms with Gasteiger partial charge in [-0.2, -0.15) is 0 Å². The van der Waals surface area contributed by atoms with Crippen LogP contribution >= 0.6 is 0 Å². The zero-order valence-corrected chi connectivity index (χ0v) is 13.7. The molecule has 0 unspecified atom stereocenters. The van der Waals surface area contributed by atoms with Crippen LogP contribution in [0.25, 0.3) is 0 Å². The second kappa shape index (κ2) is 7.63. The van der Waals surface area contributed by atoms with E-state index < -0.39 is 5.60 Å². The van der Waals surface area contributed by atoms with Crippen molar-refractivity contribution >= 4 is 5.91 Å². The van der Waals surface area contributed by atoms with Gasteiger partial charge in [0, 0.05) is 19.2 Å². The number of nitrogens with zero attached hydrogens (tertiary/aromatic N) is 1. The summed E-state index contributed by atoms with van der Waals surface area (Å²) >= 11 is 0. The van der Waals surface area contributed by atoms with Gasteiger partial charge in [-0.05, 0) is 25.8 Å². The molecule has 1 fully saturated rings. The Morgan fingerprint density at radius 1 is 1.27 bits per heavy atom. The summed E-state index contributed by atoms with van der Waals surface area (Å²) in [4.78, 5) is 14.1. The summed E-state index contributed by atoms with van der Waals surface area (Å²) in [5.41, 5.74) is 0.194. The van der Waals surface area contributed by atoms with Gasteiger partial charge in [-0.25, -0.2) is 0 Å². The number of hydrogen-bond donors (Lipinski definition) is 1. The predicted molar refractivity (Wildman–Crippen MR) is 86.7 cm³/mol. The van der Waals surface area contributed by atoms with Crippen LogP contribution in [0, 0.1) is 0 Å². The second-order valence-electron chi connectivity index (χ2n) is 6.25. The number of rotatable bonds is 6. The summed E-state index contributed by atoms with van der Waals surface area (Å²) in [7, 11) is 1.79. The van der Waals surface area contributed by atoms with Crippen molar-refractivity contribution in [3.8, 4) is 5.75 Å². The third-order valence-electron chi connectivity index (χ3n) is 4.37. The zero-order valence-electron chi connectivity index (χ0n) is 13.7. The Kier molecular flexibility index (Phi) is 5.83. The smallest absolute Gasteiger partial charge is 0.225 e. The first-order valence-corrected chi connectivity index (χ1v) is 8.21. The summed E-state index contributed by atoms with van der Waals surface area (Å²) in [5, 5.41) is 10.5. The van der Waals surface area contributed by atoms with Gasteiger partial charge < -0.3 is 14.7 Å². The average Bonchev–Trinajstić information content (AvgIpc) is 2.49. The number of carbonyl (C=O) groups is 1. The lowest BCUT2D eigenvalue weighted by Crippen LogP contribution is -2.39. The van der Waals surface area contributed by atoms with E-state index in [4.69, 9.17) is 4.74 Å². The van der Waals surface area contributed by atoms with Crippen LogP contribution in [0.1, 0.15) is 51.0 Å². The molecule has 4 nitrogen and oxygen atoms in total. The molecule has 0 radical (unpaired) electrons. The van der Waals surface area contributed by atoms with E-state index in [0.717, 1.165) is 43.4 Å². The molecule has 1 aliphatic carbocycles. The minimum absolute atomic E-state index is 0.00398. The van der Waals surface area contributed by atoms with Crippen molar-refractivity contribution in [3.05, 3.63) is 29.8 Å². The van der Waals surface area contributed by atoms with Crippen LogP contribution in [-0.4, -0.2) is 35.2 Å². The first kappa shape index (κ1) is 16.8. The van der Waals surface area contributed by atoms with Crippen LogP contribution < -0.4 is 4.74 Å². The first-order chi connectivity index (χ1) is 10.5. The van der Waals surface area contributed by atoms with E-state index in [2.05, 4.69) is 0 Å². The van der Waals surface area contributed by atoms with Crippen molar-refractivity contribution in [1.82, 2.24) is 4.90 Å². The number of para-hydroxylation sites is 1. The monoisotopic (exact) mass is 305 g/mol.